The Morgan fingerprint density at radius 3 is 2.39 bits per heavy atom. The van der Waals surface area contributed by atoms with Gasteiger partial charge in [0, 0.05) is 17.3 Å². The molecule has 0 saturated carbocycles. The zero-order valence-corrected chi connectivity index (χ0v) is 9.58. The van der Waals surface area contributed by atoms with Crippen LogP contribution in [-0.4, -0.2) is 11.0 Å². The maximum Gasteiger partial charge on any atom is 0.170 e. The molecule has 0 aliphatic carbocycles. The van der Waals surface area contributed by atoms with Gasteiger partial charge in [0.2, 0.25) is 0 Å². The summed E-state index contributed by atoms with van der Waals surface area (Å²) < 4.78 is 5.60. The molecule has 5 heteroatoms. The van der Waals surface area contributed by atoms with Crippen LogP contribution in [0.5, 0.6) is 11.5 Å². The molecule has 0 saturated heterocycles. The number of rotatable bonds is 3. The van der Waals surface area contributed by atoms with E-state index in [2.05, 4.69) is 5.16 Å². The molecule has 0 heterocycles. The Morgan fingerprint density at radius 2 is 1.78 bits per heavy atom. The number of hydrogen-bond acceptors (Lipinski definition) is 4. The minimum Gasteiger partial charge on any atom is -0.457 e. The van der Waals surface area contributed by atoms with Crippen LogP contribution in [0.15, 0.2) is 53.7 Å². The summed E-state index contributed by atoms with van der Waals surface area (Å²) in [6.07, 6.45) is 0. The van der Waals surface area contributed by atoms with Crippen molar-refractivity contribution in [1.82, 2.24) is 0 Å². The first kappa shape index (κ1) is 11.8. The fraction of sp³-hybridized carbons (Fsp3) is 0. The van der Waals surface area contributed by atoms with Gasteiger partial charge in [0.1, 0.15) is 11.5 Å². The molecule has 0 amide bonds. The first-order valence-electron chi connectivity index (χ1n) is 5.30. The maximum absolute atomic E-state index is 8.54. The quantitative estimate of drug-likeness (QED) is 0.253. The van der Waals surface area contributed by atoms with E-state index in [1.807, 2.05) is 12.1 Å². The van der Waals surface area contributed by atoms with Gasteiger partial charge < -0.3 is 21.4 Å². The Hall–Kier alpha value is -2.69. The minimum atomic E-state index is 0.0607. The van der Waals surface area contributed by atoms with Crippen molar-refractivity contribution in [3.8, 4) is 11.5 Å². The Morgan fingerprint density at radius 1 is 1.06 bits per heavy atom. The summed E-state index contributed by atoms with van der Waals surface area (Å²) in [5.41, 5.74) is 12.4. The van der Waals surface area contributed by atoms with Crippen LogP contribution in [0.4, 0.5) is 5.69 Å². The SMILES string of the molecule is N/C(=N\O)c1ccc(Oc2cccc(N)c2)cc1. The van der Waals surface area contributed by atoms with Crippen molar-refractivity contribution in [2.24, 2.45) is 10.9 Å². The Labute approximate surface area is 104 Å². The monoisotopic (exact) mass is 243 g/mol. The van der Waals surface area contributed by atoms with Gasteiger partial charge in [0.25, 0.3) is 0 Å². The second-order valence-corrected chi connectivity index (χ2v) is 3.68. The molecule has 92 valence electrons. The lowest BCUT2D eigenvalue weighted by Gasteiger charge is -2.06. The molecule has 0 bridgehead atoms. The van der Waals surface area contributed by atoms with Gasteiger partial charge in [0.15, 0.2) is 5.84 Å². The van der Waals surface area contributed by atoms with Crippen LogP contribution in [0.2, 0.25) is 0 Å². The predicted molar refractivity (Wildman–Crippen MR) is 69.9 cm³/mol. The Balaban J connectivity index is 2.16. The molecule has 0 aliphatic heterocycles. The molecular weight excluding hydrogens is 230 g/mol. The van der Waals surface area contributed by atoms with Crippen molar-refractivity contribution >= 4 is 11.5 Å². The lowest BCUT2D eigenvalue weighted by atomic mass is 10.2. The summed E-state index contributed by atoms with van der Waals surface area (Å²) in [5, 5.41) is 11.5. The molecule has 5 nitrogen and oxygen atoms in total. The van der Waals surface area contributed by atoms with Crippen molar-refractivity contribution in [3.63, 3.8) is 0 Å². The number of hydrogen-bond donors (Lipinski definition) is 3. The van der Waals surface area contributed by atoms with E-state index in [1.165, 1.54) is 0 Å². The largest absolute Gasteiger partial charge is 0.457 e. The molecule has 0 atom stereocenters. The van der Waals surface area contributed by atoms with Crippen molar-refractivity contribution in [2.75, 3.05) is 5.73 Å². The molecule has 2 aromatic carbocycles. The molecule has 0 fully saturated rings. The molecule has 2 rings (SSSR count). The predicted octanol–water partition coefficient (Wildman–Crippen LogP) is 2.16. The fourth-order valence-corrected chi connectivity index (χ4v) is 1.47. The summed E-state index contributed by atoms with van der Waals surface area (Å²) in [5.74, 6) is 1.37. The summed E-state index contributed by atoms with van der Waals surface area (Å²) in [6, 6.07) is 14.0. The summed E-state index contributed by atoms with van der Waals surface area (Å²) in [4.78, 5) is 0. The van der Waals surface area contributed by atoms with Crippen LogP contribution in [0, 0.1) is 0 Å². The maximum atomic E-state index is 8.54. The van der Waals surface area contributed by atoms with Crippen LogP contribution < -0.4 is 16.2 Å². The zero-order chi connectivity index (χ0) is 13.0. The number of benzene rings is 2. The highest BCUT2D eigenvalue weighted by molar-refractivity contribution is 5.97. The van der Waals surface area contributed by atoms with Gasteiger partial charge in [-0.15, -0.1) is 0 Å². The molecule has 2 aromatic rings. The van der Waals surface area contributed by atoms with E-state index in [1.54, 1.807) is 36.4 Å². The first-order valence-corrected chi connectivity index (χ1v) is 5.30. The zero-order valence-electron chi connectivity index (χ0n) is 9.58. The molecule has 18 heavy (non-hydrogen) atoms. The van der Waals surface area contributed by atoms with E-state index >= 15 is 0 Å². The Bertz CT molecular complexity index is 565. The molecule has 0 aliphatic rings. The van der Waals surface area contributed by atoms with Gasteiger partial charge in [-0.3, -0.25) is 0 Å². The van der Waals surface area contributed by atoms with E-state index in [0.717, 1.165) is 0 Å². The first-order chi connectivity index (χ1) is 8.69. The summed E-state index contributed by atoms with van der Waals surface area (Å²) >= 11 is 0. The van der Waals surface area contributed by atoms with Crippen molar-refractivity contribution in [2.45, 2.75) is 0 Å². The smallest absolute Gasteiger partial charge is 0.170 e. The molecule has 0 radical (unpaired) electrons. The highest BCUT2D eigenvalue weighted by Gasteiger charge is 2.01. The molecular formula is C13H13N3O2. The van der Waals surface area contributed by atoms with Gasteiger partial charge in [-0.25, -0.2) is 0 Å². The minimum absolute atomic E-state index is 0.0607. The van der Waals surface area contributed by atoms with Gasteiger partial charge in [0.05, 0.1) is 0 Å². The van der Waals surface area contributed by atoms with E-state index in [-0.39, 0.29) is 5.84 Å². The van der Waals surface area contributed by atoms with E-state index in [0.29, 0.717) is 22.7 Å². The number of nitrogens with zero attached hydrogens (tertiary/aromatic N) is 1. The number of oxime groups is 1. The van der Waals surface area contributed by atoms with Crippen LogP contribution in [-0.2, 0) is 0 Å². The third kappa shape index (κ3) is 2.70. The van der Waals surface area contributed by atoms with Gasteiger partial charge in [-0.1, -0.05) is 11.2 Å². The number of amidine groups is 1. The molecule has 0 aromatic heterocycles. The van der Waals surface area contributed by atoms with Crippen molar-refractivity contribution in [1.29, 1.82) is 0 Å². The van der Waals surface area contributed by atoms with Crippen LogP contribution in [0.25, 0.3) is 0 Å². The van der Waals surface area contributed by atoms with E-state index < -0.39 is 0 Å². The van der Waals surface area contributed by atoms with E-state index in [4.69, 9.17) is 21.4 Å². The van der Waals surface area contributed by atoms with Crippen molar-refractivity contribution < 1.29 is 9.94 Å². The highest BCUT2D eigenvalue weighted by atomic mass is 16.5. The number of ether oxygens (including phenoxy) is 1. The third-order valence-electron chi connectivity index (χ3n) is 2.35. The normalized spacial score (nSPS) is 11.2. The van der Waals surface area contributed by atoms with Crippen LogP contribution >= 0.6 is 0 Å². The van der Waals surface area contributed by atoms with Crippen molar-refractivity contribution in [3.05, 3.63) is 54.1 Å². The highest BCUT2D eigenvalue weighted by Crippen LogP contribution is 2.23. The summed E-state index contributed by atoms with van der Waals surface area (Å²) in [7, 11) is 0. The van der Waals surface area contributed by atoms with Crippen LogP contribution in [0.1, 0.15) is 5.56 Å². The number of anilines is 1. The van der Waals surface area contributed by atoms with E-state index in [9.17, 15) is 0 Å². The molecule has 0 spiro atoms. The third-order valence-corrected chi connectivity index (χ3v) is 2.35. The average molecular weight is 243 g/mol. The summed E-state index contributed by atoms with van der Waals surface area (Å²) in [6.45, 7) is 0. The number of nitrogen functional groups attached to an aromatic ring is 1. The molecule has 5 N–H and O–H groups in total. The van der Waals surface area contributed by atoms with Gasteiger partial charge in [-0.05, 0) is 36.4 Å². The lowest BCUT2D eigenvalue weighted by molar-refractivity contribution is 0.318. The second kappa shape index (κ2) is 5.09. The topological polar surface area (TPSA) is 93.9 Å². The standard InChI is InChI=1S/C13H13N3O2/c14-10-2-1-3-12(8-10)18-11-6-4-9(5-7-11)13(15)16-17/h1-8,17H,14H2,(H2,15,16). The lowest BCUT2D eigenvalue weighted by Crippen LogP contribution is -2.12. The van der Waals surface area contributed by atoms with Gasteiger partial charge >= 0.3 is 0 Å². The van der Waals surface area contributed by atoms with Crippen LogP contribution in [0.3, 0.4) is 0 Å². The number of nitrogens with two attached hydrogens (primary N) is 2. The van der Waals surface area contributed by atoms with Gasteiger partial charge in [-0.2, -0.15) is 0 Å². The molecule has 0 unspecified atom stereocenters. The Kier molecular flexibility index (Phi) is 3.33. The second-order valence-electron chi connectivity index (χ2n) is 3.68. The average Bonchev–Trinajstić information content (AvgIpc) is 2.39. The fourth-order valence-electron chi connectivity index (χ4n) is 1.47.